The first-order chi connectivity index (χ1) is 16.4. The molecule has 3 aromatic rings. The average molecular weight is 492 g/mol. The Morgan fingerprint density at radius 3 is 1.97 bits per heavy atom. The second-order valence-corrected chi connectivity index (χ2v) is 9.32. The van der Waals surface area contributed by atoms with E-state index in [-0.39, 0.29) is 26.9 Å². The van der Waals surface area contributed by atoms with Gasteiger partial charge in [0.1, 0.15) is 0 Å². The molecule has 6 rings (SSSR count). The molecule has 0 N–H and O–H groups in total. The Bertz CT molecular complexity index is 1380. The maximum absolute atomic E-state index is 13.8. The van der Waals surface area contributed by atoms with Gasteiger partial charge < -0.3 is 4.74 Å². The fourth-order valence-electron chi connectivity index (χ4n) is 5.34. The monoisotopic (exact) mass is 491 g/mol. The van der Waals surface area contributed by atoms with Gasteiger partial charge in [0, 0.05) is 11.1 Å². The molecule has 2 saturated heterocycles. The lowest BCUT2D eigenvalue weighted by molar-refractivity contribution is -0.127. The molecule has 3 aliphatic rings. The van der Waals surface area contributed by atoms with E-state index >= 15 is 0 Å². The van der Waals surface area contributed by atoms with E-state index in [4.69, 9.17) is 27.9 Å². The molecule has 34 heavy (non-hydrogen) atoms. The van der Waals surface area contributed by atoms with Gasteiger partial charge in [0.25, 0.3) is 0 Å². The van der Waals surface area contributed by atoms with E-state index < -0.39 is 46.9 Å². The number of halogens is 2. The molecule has 2 amide bonds. The lowest BCUT2D eigenvalue weighted by atomic mass is 9.77. The van der Waals surface area contributed by atoms with E-state index in [2.05, 4.69) is 0 Å². The van der Waals surface area contributed by atoms with Crippen molar-refractivity contribution in [1.82, 2.24) is 0 Å². The van der Waals surface area contributed by atoms with Gasteiger partial charge in [0.2, 0.25) is 29.0 Å². The maximum atomic E-state index is 13.8. The molecule has 8 heteroatoms. The topological polar surface area (TPSA) is 80.8 Å². The SMILES string of the molecule is O=C1[C@H]2[C@@H](c3ccccc3)OC3(C(=O)c4ccccc4C3=O)[C@H]2C(=O)N1c1ccc(Cl)c(Cl)c1. The molecule has 3 atom stereocenters. The van der Waals surface area contributed by atoms with Crippen LogP contribution < -0.4 is 4.90 Å². The summed E-state index contributed by atoms with van der Waals surface area (Å²) in [5, 5.41) is 0.436. The number of carbonyl (C=O) groups is 4. The Kier molecular flexibility index (Phi) is 4.58. The predicted molar refractivity (Wildman–Crippen MR) is 124 cm³/mol. The summed E-state index contributed by atoms with van der Waals surface area (Å²) in [4.78, 5) is 55.9. The van der Waals surface area contributed by atoms with Crippen molar-refractivity contribution in [3.8, 4) is 0 Å². The summed E-state index contributed by atoms with van der Waals surface area (Å²) < 4.78 is 6.22. The number of anilines is 1. The Morgan fingerprint density at radius 2 is 1.35 bits per heavy atom. The molecule has 6 nitrogen and oxygen atoms in total. The number of hydrogen-bond acceptors (Lipinski definition) is 5. The fourth-order valence-corrected chi connectivity index (χ4v) is 5.63. The summed E-state index contributed by atoms with van der Waals surface area (Å²) in [5.41, 5.74) is -0.910. The van der Waals surface area contributed by atoms with Crippen molar-refractivity contribution in [3.63, 3.8) is 0 Å². The second-order valence-electron chi connectivity index (χ2n) is 8.50. The van der Waals surface area contributed by atoms with Crippen LogP contribution in [0.1, 0.15) is 32.4 Å². The number of fused-ring (bicyclic) bond motifs is 3. The number of rotatable bonds is 2. The Labute approximate surface area is 204 Å². The Hall–Kier alpha value is -3.32. The van der Waals surface area contributed by atoms with Gasteiger partial charge >= 0.3 is 0 Å². The van der Waals surface area contributed by atoms with Gasteiger partial charge in [0.15, 0.2) is 0 Å². The van der Waals surface area contributed by atoms with E-state index in [1.165, 1.54) is 30.3 Å². The molecular weight excluding hydrogens is 477 g/mol. The van der Waals surface area contributed by atoms with Crippen molar-refractivity contribution >= 4 is 52.3 Å². The van der Waals surface area contributed by atoms with Crippen molar-refractivity contribution in [2.45, 2.75) is 11.7 Å². The van der Waals surface area contributed by atoms with Crippen LogP contribution in [-0.2, 0) is 14.3 Å². The van der Waals surface area contributed by atoms with E-state index in [1.54, 1.807) is 42.5 Å². The minimum Gasteiger partial charge on any atom is -0.349 e. The molecule has 2 aliphatic heterocycles. The minimum atomic E-state index is -2.10. The number of ether oxygens (including phenoxy) is 1. The van der Waals surface area contributed by atoms with Gasteiger partial charge in [0.05, 0.1) is 33.7 Å². The molecule has 2 fully saturated rings. The highest BCUT2D eigenvalue weighted by molar-refractivity contribution is 6.42. The number of benzene rings is 3. The number of amides is 2. The first-order valence-corrected chi connectivity index (χ1v) is 11.4. The zero-order chi connectivity index (χ0) is 23.8. The maximum Gasteiger partial charge on any atom is 0.241 e. The van der Waals surface area contributed by atoms with Gasteiger partial charge in [-0.1, -0.05) is 77.8 Å². The summed E-state index contributed by atoms with van der Waals surface area (Å²) in [6.45, 7) is 0. The van der Waals surface area contributed by atoms with Crippen molar-refractivity contribution in [2.24, 2.45) is 11.8 Å². The number of hydrogen-bond donors (Lipinski definition) is 0. The third-order valence-electron chi connectivity index (χ3n) is 6.81. The van der Waals surface area contributed by atoms with E-state index in [0.717, 1.165) is 4.90 Å². The highest BCUT2D eigenvalue weighted by Gasteiger charge is 2.74. The second kappa shape index (κ2) is 7.34. The molecule has 0 aromatic heterocycles. The average Bonchev–Trinajstić information content (AvgIpc) is 3.42. The molecule has 0 bridgehead atoms. The fraction of sp³-hybridized carbons (Fsp3) is 0.154. The van der Waals surface area contributed by atoms with Gasteiger partial charge in [-0.25, -0.2) is 4.90 Å². The third kappa shape index (κ3) is 2.61. The molecule has 1 aliphatic carbocycles. The quantitative estimate of drug-likeness (QED) is 0.383. The van der Waals surface area contributed by atoms with Crippen LogP contribution in [0.3, 0.4) is 0 Å². The predicted octanol–water partition coefficient (Wildman–Crippen LogP) is 4.69. The summed E-state index contributed by atoms with van der Waals surface area (Å²) in [7, 11) is 0. The lowest BCUT2D eigenvalue weighted by Gasteiger charge is -2.27. The van der Waals surface area contributed by atoms with Crippen molar-refractivity contribution < 1.29 is 23.9 Å². The molecule has 3 aromatic carbocycles. The number of imide groups is 1. The number of nitrogens with zero attached hydrogens (tertiary/aromatic N) is 1. The van der Waals surface area contributed by atoms with E-state index in [0.29, 0.717) is 5.56 Å². The summed E-state index contributed by atoms with van der Waals surface area (Å²) in [6, 6.07) is 19.6. The molecule has 168 valence electrons. The molecule has 1 spiro atoms. The van der Waals surface area contributed by atoms with Crippen molar-refractivity contribution in [2.75, 3.05) is 4.90 Å². The zero-order valence-corrected chi connectivity index (χ0v) is 18.9. The first-order valence-electron chi connectivity index (χ1n) is 10.6. The largest absolute Gasteiger partial charge is 0.349 e. The van der Waals surface area contributed by atoms with E-state index in [9.17, 15) is 19.2 Å². The summed E-state index contributed by atoms with van der Waals surface area (Å²) >= 11 is 12.2. The van der Waals surface area contributed by atoms with E-state index in [1.807, 2.05) is 0 Å². The Balaban J connectivity index is 1.55. The first kappa shape index (κ1) is 21.2. The standard InChI is InChI=1S/C26H15Cl2NO5/c27-17-11-10-14(12-18(17)28)29-24(32)19-20(25(29)33)26(34-21(19)13-6-2-1-3-7-13)22(30)15-8-4-5-9-16(15)23(26)31/h1-12,19-21H/t19-,20-,21-/m1/s1. The van der Waals surface area contributed by atoms with Crippen LogP contribution in [0.15, 0.2) is 72.8 Å². The van der Waals surface area contributed by atoms with Crippen LogP contribution in [0, 0.1) is 11.8 Å². The molecule has 0 radical (unpaired) electrons. The number of ketones is 2. The van der Waals surface area contributed by atoms with Crippen LogP contribution in [0.4, 0.5) is 5.69 Å². The van der Waals surface area contributed by atoms with Crippen LogP contribution in [-0.4, -0.2) is 29.0 Å². The molecule has 2 heterocycles. The molecule has 0 unspecified atom stereocenters. The number of carbonyl (C=O) groups excluding carboxylic acids is 4. The third-order valence-corrected chi connectivity index (χ3v) is 7.55. The number of Topliss-reactive ketones (excluding diaryl/α,β-unsaturated/α-hetero) is 2. The zero-order valence-electron chi connectivity index (χ0n) is 17.4. The molecule has 0 saturated carbocycles. The molecular formula is C26H15Cl2NO5. The van der Waals surface area contributed by atoms with Gasteiger partial charge in [-0.05, 0) is 23.8 Å². The summed E-state index contributed by atoms with van der Waals surface area (Å²) in [6.07, 6.45) is -0.961. The highest BCUT2D eigenvalue weighted by Crippen LogP contribution is 2.57. The van der Waals surface area contributed by atoms with Crippen molar-refractivity contribution in [3.05, 3.63) is 99.5 Å². The normalized spacial score (nSPS) is 24.8. The minimum absolute atomic E-state index is 0.169. The van der Waals surface area contributed by atoms with Gasteiger partial charge in [-0.15, -0.1) is 0 Å². The Morgan fingerprint density at radius 1 is 0.735 bits per heavy atom. The van der Waals surface area contributed by atoms with Crippen LogP contribution >= 0.6 is 23.2 Å². The van der Waals surface area contributed by atoms with Crippen LogP contribution in [0.25, 0.3) is 0 Å². The smallest absolute Gasteiger partial charge is 0.241 e. The lowest BCUT2D eigenvalue weighted by Crippen LogP contribution is -2.51. The van der Waals surface area contributed by atoms with Gasteiger partial charge in [-0.2, -0.15) is 0 Å². The van der Waals surface area contributed by atoms with Gasteiger partial charge in [-0.3, -0.25) is 19.2 Å². The van der Waals surface area contributed by atoms with Crippen LogP contribution in [0.2, 0.25) is 10.0 Å². The van der Waals surface area contributed by atoms with Crippen LogP contribution in [0.5, 0.6) is 0 Å². The summed E-state index contributed by atoms with van der Waals surface area (Å²) in [5.74, 6) is -4.81. The van der Waals surface area contributed by atoms with Crippen molar-refractivity contribution in [1.29, 1.82) is 0 Å². The highest BCUT2D eigenvalue weighted by atomic mass is 35.5.